The maximum absolute atomic E-state index is 11.9. The molecule has 2 aromatic heterocycles. The highest BCUT2D eigenvalue weighted by Crippen LogP contribution is 2.17. The van der Waals surface area contributed by atoms with Crippen molar-refractivity contribution in [2.75, 3.05) is 5.32 Å². The Balaban J connectivity index is 2.02. The Bertz CT molecular complexity index is 645. The Morgan fingerprint density at radius 2 is 2.25 bits per heavy atom. The molecule has 0 aromatic carbocycles. The number of nitrogens with zero attached hydrogens (tertiary/aromatic N) is 2. The minimum atomic E-state index is -0.970. The summed E-state index contributed by atoms with van der Waals surface area (Å²) in [6, 6.07) is 1.52. The van der Waals surface area contributed by atoms with Crippen molar-refractivity contribution in [3.63, 3.8) is 0 Å². The summed E-state index contributed by atoms with van der Waals surface area (Å²) in [4.78, 5) is 23.0. The summed E-state index contributed by atoms with van der Waals surface area (Å²) >= 11 is 1.12. The monoisotopic (exact) mass is 293 g/mol. The Hall–Kier alpha value is -2.15. The Labute approximate surface area is 120 Å². The van der Waals surface area contributed by atoms with Gasteiger partial charge in [-0.05, 0) is 23.4 Å². The number of rotatable bonds is 5. The lowest BCUT2D eigenvalue weighted by Crippen LogP contribution is -2.14. The topological polar surface area (TPSA) is 84.2 Å². The molecular formula is C13H15N3O3S. The van der Waals surface area contributed by atoms with Crippen LogP contribution in [0.3, 0.4) is 0 Å². The lowest BCUT2D eigenvalue weighted by Gasteiger charge is -2.03. The number of aromatic nitrogens is 2. The molecular weight excluding hydrogens is 278 g/mol. The van der Waals surface area contributed by atoms with Crippen molar-refractivity contribution >= 4 is 28.9 Å². The van der Waals surface area contributed by atoms with Crippen molar-refractivity contribution in [2.45, 2.75) is 19.8 Å². The molecule has 0 aliphatic carbocycles. The molecule has 0 spiro atoms. The first kappa shape index (κ1) is 14.3. The number of amides is 1. The minimum absolute atomic E-state index is 0.155. The summed E-state index contributed by atoms with van der Waals surface area (Å²) in [6.07, 6.45) is 2.65. The quantitative estimate of drug-likeness (QED) is 0.882. The predicted molar refractivity (Wildman–Crippen MR) is 76.2 cm³/mol. The molecule has 0 atom stereocenters. The van der Waals surface area contributed by atoms with Gasteiger partial charge in [0.1, 0.15) is 4.88 Å². The van der Waals surface area contributed by atoms with Gasteiger partial charge >= 0.3 is 5.97 Å². The van der Waals surface area contributed by atoms with E-state index in [2.05, 4.69) is 10.4 Å². The molecule has 0 radical (unpaired) electrons. The molecule has 1 amide bonds. The number of aryl methyl sites for hydroxylation is 2. The second-order valence-electron chi connectivity index (χ2n) is 4.37. The molecule has 2 rings (SSSR count). The zero-order chi connectivity index (χ0) is 14.7. The van der Waals surface area contributed by atoms with E-state index in [0.717, 1.165) is 23.5 Å². The van der Waals surface area contributed by atoms with Crippen LogP contribution in [-0.2, 0) is 24.7 Å². The van der Waals surface area contributed by atoms with Crippen LogP contribution in [0.1, 0.15) is 27.9 Å². The Morgan fingerprint density at radius 3 is 2.85 bits per heavy atom. The SMILES string of the molecule is CCc1nn(C)cc1NC(=O)Cc1csc(C(=O)O)c1. The number of thiophene rings is 1. The molecule has 2 heterocycles. The van der Waals surface area contributed by atoms with Gasteiger partial charge in [0.05, 0.1) is 17.8 Å². The zero-order valence-electron chi connectivity index (χ0n) is 11.2. The molecule has 0 aliphatic heterocycles. The van der Waals surface area contributed by atoms with Gasteiger partial charge in [0.15, 0.2) is 0 Å². The molecule has 7 heteroatoms. The average Bonchev–Trinajstić information content (AvgIpc) is 2.96. The van der Waals surface area contributed by atoms with E-state index in [9.17, 15) is 9.59 Å². The third kappa shape index (κ3) is 3.24. The number of hydrogen-bond acceptors (Lipinski definition) is 4. The van der Waals surface area contributed by atoms with E-state index in [1.807, 2.05) is 6.92 Å². The van der Waals surface area contributed by atoms with Crippen molar-refractivity contribution < 1.29 is 14.7 Å². The number of carboxylic acid groups (broad SMARTS) is 1. The number of carbonyl (C=O) groups excluding carboxylic acids is 1. The molecule has 6 nitrogen and oxygen atoms in total. The summed E-state index contributed by atoms with van der Waals surface area (Å²) in [7, 11) is 1.80. The molecule has 20 heavy (non-hydrogen) atoms. The number of anilines is 1. The summed E-state index contributed by atoms with van der Waals surface area (Å²) in [5, 5.41) is 17.6. The second-order valence-corrected chi connectivity index (χ2v) is 5.28. The summed E-state index contributed by atoms with van der Waals surface area (Å²) in [5.74, 6) is -1.15. The summed E-state index contributed by atoms with van der Waals surface area (Å²) in [6.45, 7) is 1.97. The van der Waals surface area contributed by atoms with E-state index in [0.29, 0.717) is 11.3 Å². The first-order valence-electron chi connectivity index (χ1n) is 6.12. The van der Waals surface area contributed by atoms with E-state index < -0.39 is 5.97 Å². The van der Waals surface area contributed by atoms with Crippen molar-refractivity contribution in [3.8, 4) is 0 Å². The zero-order valence-corrected chi connectivity index (χ0v) is 12.0. The molecule has 0 bridgehead atoms. The van der Waals surface area contributed by atoms with E-state index >= 15 is 0 Å². The van der Waals surface area contributed by atoms with E-state index in [-0.39, 0.29) is 17.2 Å². The van der Waals surface area contributed by atoms with Gasteiger partial charge < -0.3 is 10.4 Å². The van der Waals surface area contributed by atoms with Gasteiger partial charge in [0.25, 0.3) is 0 Å². The van der Waals surface area contributed by atoms with E-state index in [1.54, 1.807) is 23.3 Å². The van der Waals surface area contributed by atoms with Crippen LogP contribution in [0.4, 0.5) is 5.69 Å². The number of hydrogen-bond donors (Lipinski definition) is 2. The van der Waals surface area contributed by atoms with E-state index in [4.69, 9.17) is 5.11 Å². The Morgan fingerprint density at radius 1 is 1.50 bits per heavy atom. The fourth-order valence-corrected chi connectivity index (χ4v) is 2.61. The van der Waals surface area contributed by atoms with Crippen LogP contribution in [0, 0.1) is 0 Å². The lowest BCUT2D eigenvalue weighted by molar-refractivity contribution is -0.115. The normalized spacial score (nSPS) is 10.5. The van der Waals surface area contributed by atoms with Crippen LogP contribution in [0.25, 0.3) is 0 Å². The molecule has 106 valence electrons. The van der Waals surface area contributed by atoms with Crippen molar-refractivity contribution in [1.29, 1.82) is 0 Å². The Kier molecular flexibility index (Phi) is 4.19. The number of carboxylic acids is 1. The number of nitrogens with one attached hydrogen (secondary N) is 1. The van der Waals surface area contributed by atoms with Gasteiger partial charge in [0.2, 0.25) is 5.91 Å². The molecule has 0 saturated heterocycles. The predicted octanol–water partition coefficient (Wildman–Crippen LogP) is 1.92. The maximum atomic E-state index is 11.9. The fraction of sp³-hybridized carbons (Fsp3) is 0.308. The smallest absolute Gasteiger partial charge is 0.345 e. The molecule has 2 N–H and O–H groups in total. The highest BCUT2D eigenvalue weighted by atomic mass is 32.1. The van der Waals surface area contributed by atoms with Gasteiger partial charge in [-0.1, -0.05) is 6.92 Å². The van der Waals surface area contributed by atoms with Crippen LogP contribution >= 0.6 is 11.3 Å². The maximum Gasteiger partial charge on any atom is 0.345 e. The van der Waals surface area contributed by atoms with Crippen LogP contribution in [0.15, 0.2) is 17.6 Å². The van der Waals surface area contributed by atoms with Gasteiger partial charge in [-0.3, -0.25) is 9.48 Å². The van der Waals surface area contributed by atoms with Gasteiger partial charge in [-0.25, -0.2) is 4.79 Å². The standard InChI is InChI=1S/C13H15N3O3S/c1-3-9-10(6-16(2)15-9)14-12(17)5-8-4-11(13(18)19)20-7-8/h4,6-7H,3,5H2,1-2H3,(H,14,17)(H,18,19). The van der Waals surface area contributed by atoms with Gasteiger partial charge in [0, 0.05) is 13.2 Å². The molecule has 0 unspecified atom stereocenters. The summed E-state index contributed by atoms with van der Waals surface area (Å²) < 4.78 is 1.65. The molecule has 0 fully saturated rings. The first-order chi connectivity index (χ1) is 9.49. The van der Waals surface area contributed by atoms with E-state index in [1.165, 1.54) is 6.07 Å². The van der Waals surface area contributed by atoms with Crippen molar-refractivity contribution in [2.24, 2.45) is 7.05 Å². The fourth-order valence-electron chi connectivity index (χ4n) is 1.86. The highest BCUT2D eigenvalue weighted by Gasteiger charge is 2.12. The summed E-state index contributed by atoms with van der Waals surface area (Å²) in [5.41, 5.74) is 2.23. The third-order valence-corrected chi connectivity index (χ3v) is 3.71. The lowest BCUT2D eigenvalue weighted by atomic mass is 10.2. The number of carbonyl (C=O) groups is 2. The first-order valence-corrected chi connectivity index (χ1v) is 7.00. The van der Waals surface area contributed by atoms with Crippen molar-refractivity contribution in [3.05, 3.63) is 33.8 Å². The molecule has 2 aromatic rings. The van der Waals surface area contributed by atoms with Crippen LogP contribution in [0.5, 0.6) is 0 Å². The third-order valence-electron chi connectivity index (χ3n) is 2.74. The molecule has 0 aliphatic rings. The number of aromatic carboxylic acids is 1. The minimum Gasteiger partial charge on any atom is -0.477 e. The highest BCUT2D eigenvalue weighted by molar-refractivity contribution is 7.12. The van der Waals surface area contributed by atoms with Gasteiger partial charge in [-0.15, -0.1) is 11.3 Å². The van der Waals surface area contributed by atoms with Crippen LogP contribution in [-0.4, -0.2) is 26.8 Å². The molecule has 0 saturated carbocycles. The average molecular weight is 293 g/mol. The van der Waals surface area contributed by atoms with Crippen LogP contribution < -0.4 is 5.32 Å². The van der Waals surface area contributed by atoms with Gasteiger partial charge in [-0.2, -0.15) is 5.10 Å². The van der Waals surface area contributed by atoms with Crippen LogP contribution in [0.2, 0.25) is 0 Å². The second kappa shape index (κ2) is 5.87. The largest absolute Gasteiger partial charge is 0.477 e. The van der Waals surface area contributed by atoms with Crippen molar-refractivity contribution in [1.82, 2.24) is 9.78 Å².